The molecule has 0 aliphatic heterocycles. The van der Waals surface area contributed by atoms with E-state index in [1.165, 1.54) is 76.8 Å². The van der Waals surface area contributed by atoms with Gasteiger partial charge in [-0.15, -0.1) is 0 Å². The van der Waals surface area contributed by atoms with Crippen LogP contribution in [0.4, 0.5) is 34.1 Å². The first-order valence-electron chi connectivity index (χ1n) is 20.8. The predicted molar refractivity (Wildman–Crippen MR) is 258 cm³/mol. The summed E-state index contributed by atoms with van der Waals surface area (Å²) in [5.74, 6) is 0. The van der Waals surface area contributed by atoms with Gasteiger partial charge in [-0.1, -0.05) is 150 Å². The van der Waals surface area contributed by atoms with Crippen molar-refractivity contribution in [1.29, 1.82) is 0 Å². The monoisotopic (exact) mass is 770 g/mol. The fourth-order valence-corrected chi connectivity index (χ4v) is 8.72. The fourth-order valence-electron chi connectivity index (χ4n) is 8.72. The molecular weight excluding hydrogens is 725 g/mol. The van der Waals surface area contributed by atoms with Crippen LogP contribution in [0.5, 0.6) is 0 Å². The van der Waals surface area contributed by atoms with Crippen molar-refractivity contribution < 1.29 is 0 Å². The number of hydrogen-bond acceptors (Lipinski definition) is 2. The minimum absolute atomic E-state index is 1.11. The van der Waals surface area contributed by atoms with Crippen LogP contribution in [-0.2, 0) is 0 Å². The average Bonchev–Trinajstić information content (AvgIpc) is 3.28. The Bertz CT molecular complexity index is 3050. The standard InChI is InChI=1S/C58H46N2/c1-39-14-24-47(25-15-39)59(48-26-16-40(2)17-27-48)51-33-35-54-55(37-51)57(44-11-6-5-7-12-44)53-34-32-52(38-56(53)58(54)46-23-22-43-10-8-9-13-45(43)36-46)60(49-28-18-41(3)19-29-49)50-30-20-42(4)21-31-50/h5-38H,1-4H3. The van der Waals surface area contributed by atoms with Crippen LogP contribution < -0.4 is 9.80 Å². The molecule has 0 aliphatic carbocycles. The van der Waals surface area contributed by atoms with Gasteiger partial charge in [0.1, 0.15) is 0 Å². The van der Waals surface area contributed by atoms with Gasteiger partial charge in [-0.05, 0) is 161 Å². The van der Waals surface area contributed by atoms with Crippen LogP contribution in [-0.4, -0.2) is 0 Å². The number of rotatable bonds is 8. The molecule has 2 nitrogen and oxygen atoms in total. The van der Waals surface area contributed by atoms with Crippen molar-refractivity contribution in [3.05, 3.63) is 229 Å². The van der Waals surface area contributed by atoms with Crippen LogP contribution in [0, 0.1) is 27.7 Å². The predicted octanol–water partition coefficient (Wildman–Crippen LogP) is 16.7. The lowest BCUT2D eigenvalue weighted by molar-refractivity contribution is 1.27. The quantitative estimate of drug-likeness (QED) is 0.142. The van der Waals surface area contributed by atoms with E-state index in [1.807, 2.05) is 0 Å². The molecule has 10 rings (SSSR count). The molecule has 0 unspecified atom stereocenters. The van der Waals surface area contributed by atoms with Crippen LogP contribution >= 0.6 is 0 Å². The van der Waals surface area contributed by atoms with Crippen LogP contribution in [0.15, 0.2) is 206 Å². The van der Waals surface area contributed by atoms with E-state index in [4.69, 9.17) is 0 Å². The summed E-state index contributed by atoms with van der Waals surface area (Å²) in [6, 6.07) is 76.2. The number of nitrogens with zero attached hydrogens (tertiary/aromatic N) is 2. The summed E-state index contributed by atoms with van der Waals surface area (Å²) in [7, 11) is 0. The second-order valence-corrected chi connectivity index (χ2v) is 16.2. The highest BCUT2D eigenvalue weighted by Gasteiger charge is 2.22. The molecule has 0 amide bonds. The third-order valence-electron chi connectivity index (χ3n) is 11.9. The molecule has 0 saturated carbocycles. The van der Waals surface area contributed by atoms with Crippen molar-refractivity contribution in [2.45, 2.75) is 27.7 Å². The van der Waals surface area contributed by atoms with Crippen molar-refractivity contribution in [3.63, 3.8) is 0 Å². The van der Waals surface area contributed by atoms with E-state index in [9.17, 15) is 0 Å². The van der Waals surface area contributed by atoms with E-state index in [2.05, 4.69) is 244 Å². The Kier molecular flexibility index (Phi) is 9.47. The highest BCUT2D eigenvalue weighted by atomic mass is 15.1. The summed E-state index contributed by atoms with van der Waals surface area (Å²) in [6.45, 7) is 8.59. The maximum Gasteiger partial charge on any atom is 0.0468 e. The van der Waals surface area contributed by atoms with Crippen LogP contribution in [0.1, 0.15) is 22.3 Å². The molecule has 2 heteroatoms. The molecule has 0 fully saturated rings. The topological polar surface area (TPSA) is 6.48 Å². The van der Waals surface area contributed by atoms with E-state index in [1.54, 1.807) is 0 Å². The van der Waals surface area contributed by atoms with Gasteiger partial charge >= 0.3 is 0 Å². The van der Waals surface area contributed by atoms with Crippen molar-refractivity contribution in [2.75, 3.05) is 9.80 Å². The van der Waals surface area contributed by atoms with E-state index < -0.39 is 0 Å². The highest BCUT2D eigenvalue weighted by Crippen LogP contribution is 2.48. The van der Waals surface area contributed by atoms with Crippen molar-refractivity contribution in [3.8, 4) is 22.3 Å². The molecular formula is C58H46N2. The first-order chi connectivity index (χ1) is 29.4. The van der Waals surface area contributed by atoms with Crippen molar-refractivity contribution >= 4 is 66.4 Å². The smallest absolute Gasteiger partial charge is 0.0468 e. The molecule has 288 valence electrons. The highest BCUT2D eigenvalue weighted by molar-refractivity contribution is 6.23. The first kappa shape index (κ1) is 36.9. The molecule has 0 bridgehead atoms. The van der Waals surface area contributed by atoms with Crippen LogP contribution in [0.3, 0.4) is 0 Å². The van der Waals surface area contributed by atoms with Gasteiger partial charge in [0.2, 0.25) is 0 Å². The molecule has 60 heavy (non-hydrogen) atoms. The van der Waals surface area contributed by atoms with E-state index in [-0.39, 0.29) is 0 Å². The van der Waals surface area contributed by atoms with E-state index >= 15 is 0 Å². The maximum absolute atomic E-state index is 2.42. The maximum atomic E-state index is 2.42. The molecule has 0 aliphatic rings. The summed E-state index contributed by atoms with van der Waals surface area (Å²) in [4.78, 5) is 4.77. The lowest BCUT2D eigenvalue weighted by Crippen LogP contribution is -2.10. The van der Waals surface area contributed by atoms with Crippen LogP contribution in [0.2, 0.25) is 0 Å². The minimum atomic E-state index is 1.11. The second-order valence-electron chi connectivity index (χ2n) is 16.2. The van der Waals surface area contributed by atoms with Gasteiger partial charge in [0.25, 0.3) is 0 Å². The zero-order chi connectivity index (χ0) is 40.7. The van der Waals surface area contributed by atoms with Gasteiger partial charge in [0.05, 0.1) is 0 Å². The summed E-state index contributed by atoms with van der Waals surface area (Å²) in [5.41, 5.74) is 16.5. The second kappa shape index (κ2) is 15.4. The van der Waals surface area contributed by atoms with Gasteiger partial charge in [0.15, 0.2) is 0 Å². The summed E-state index contributed by atoms with van der Waals surface area (Å²) in [5, 5.41) is 7.29. The summed E-state index contributed by atoms with van der Waals surface area (Å²) >= 11 is 0. The number of anilines is 6. The van der Waals surface area contributed by atoms with E-state index in [0.29, 0.717) is 0 Å². The Balaban J connectivity index is 1.30. The SMILES string of the molecule is Cc1ccc(N(c2ccc(C)cc2)c2ccc3c(-c4ccc5ccccc5c4)c4cc(N(c5ccc(C)cc5)c5ccc(C)cc5)ccc4c(-c4ccccc4)c3c2)cc1. The third kappa shape index (κ3) is 6.86. The zero-order valence-electron chi connectivity index (χ0n) is 34.5. The van der Waals surface area contributed by atoms with E-state index in [0.717, 1.165) is 34.1 Å². The molecule has 0 saturated heterocycles. The lowest BCUT2D eigenvalue weighted by Gasteiger charge is -2.28. The van der Waals surface area contributed by atoms with Crippen molar-refractivity contribution in [2.24, 2.45) is 0 Å². The summed E-state index contributed by atoms with van der Waals surface area (Å²) in [6.07, 6.45) is 0. The first-order valence-corrected chi connectivity index (χ1v) is 20.8. The number of benzene rings is 10. The number of hydrogen-bond donors (Lipinski definition) is 0. The largest absolute Gasteiger partial charge is 0.310 e. The third-order valence-corrected chi connectivity index (χ3v) is 11.9. The Labute approximate surface area is 353 Å². The molecule has 0 radical (unpaired) electrons. The Morgan fingerprint density at radius 3 is 1.05 bits per heavy atom. The Hall–Kier alpha value is -7.42. The molecule has 10 aromatic rings. The molecule has 10 aromatic carbocycles. The fraction of sp³-hybridized carbons (Fsp3) is 0.0690. The van der Waals surface area contributed by atoms with Gasteiger partial charge in [-0.3, -0.25) is 0 Å². The lowest BCUT2D eigenvalue weighted by atomic mass is 9.85. The number of aryl methyl sites for hydroxylation is 4. The van der Waals surface area contributed by atoms with Gasteiger partial charge in [0, 0.05) is 34.1 Å². The molecule has 0 aromatic heterocycles. The van der Waals surface area contributed by atoms with Crippen LogP contribution in [0.25, 0.3) is 54.6 Å². The molecule has 0 atom stereocenters. The Morgan fingerprint density at radius 2 is 0.617 bits per heavy atom. The Morgan fingerprint density at radius 1 is 0.250 bits per heavy atom. The average molecular weight is 771 g/mol. The molecule has 0 heterocycles. The molecule has 0 N–H and O–H groups in total. The van der Waals surface area contributed by atoms with Gasteiger partial charge in [-0.2, -0.15) is 0 Å². The van der Waals surface area contributed by atoms with Gasteiger partial charge < -0.3 is 9.80 Å². The zero-order valence-corrected chi connectivity index (χ0v) is 34.5. The molecule has 0 spiro atoms. The minimum Gasteiger partial charge on any atom is -0.310 e. The normalized spacial score (nSPS) is 11.3. The van der Waals surface area contributed by atoms with Gasteiger partial charge in [-0.25, -0.2) is 0 Å². The number of fused-ring (bicyclic) bond motifs is 3. The summed E-state index contributed by atoms with van der Waals surface area (Å²) < 4.78 is 0. The van der Waals surface area contributed by atoms with Crippen molar-refractivity contribution in [1.82, 2.24) is 0 Å².